The fourth-order valence-corrected chi connectivity index (χ4v) is 4.82. The Morgan fingerprint density at radius 2 is 2.40 bits per heavy atom. The Bertz CT molecular complexity index is 639. The minimum Gasteiger partial charge on any atom is -0.386 e. The van der Waals surface area contributed by atoms with Crippen molar-refractivity contribution in [1.29, 1.82) is 0 Å². The van der Waals surface area contributed by atoms with Gasteiger partial charge in [0.15, 0.2) is 5.96 Å². The number of hydrogen-bond donors (Lipinski definition) is 3. The van der Waals surface area contributed by atoms with Gasteiger partial charge in [0.25, 0.3) is 0 Å². The first-order chi connectivity index (χ1) is 12.1. The van der Waals surface area contributed by atoms with Gasteiger partial charge in [-0.1, -0.05) is 6.42 Å². The number of aliphatic hydroxyl groups is 1. The fourth-order valence-electron chi connectivity index (χ4n) is 4.82. The minimum absolute atomic E-state index is 0.319. The van der Waals surface area contributed by atoms with Crippen LogP contribution in [-0.4, -0.2) is 52.7 Å². The number of ether oxygens (including phenoxy) is 1. The third-order valence-electron chi connectivity index (χ3n) is 6.20. The van der Waals surface area contributed by atoms with E-state index in [9.17, 15) is 5.11 Å². The van der Waals surface area contributed by atoms with Crippen LogP contribution < -0.4 is 10.6 Å². The fraction of sp³-hybridized carbons (Fsp3) is 0.778. The summed E-state index contributed by atoms with van der Waals surface area (Å²) in [5.74, 6) is 1.40. The van der Waals surface area contributed by atoms with Crippen LogP contribution in [0.1, 0.15) is 44.3 Å². The van der Waals surface area contributed by atoms with E-state index in [0.29, 0.717) is 30.0 Å². The highest BCUT2D eigenvalue weighted by molar-refractivity contribution is 5.80. The molecule has 2 saturated carbocycles. The summed E-state index contributed by atoms with van der Waals surface area (Å²) in [7, 11) is 1.85. The number of hydrogen-bond acceptors (Lipinski definition) is 4. The molecule has 3 fully saturated rings. The van der Waals surface area contributed by atoms with Gasteiger partial charge in [0.05, 0.1) is 18.8 Å². The van der Waals surface area contributed by atoms with Crippen LogP contribution in [0.15, 0.2) is 17.4 Å². The van der Waals surface area contributed by atoms with Crippen molar-refractivity contribution in [2.45, 2.75) is 50.9 Å². The quantitative estimate of drug-likeness (QED) is 0.546. The SMILES string of the molecule is CCNC(=NCC(O)c1cnn(C)c1)NC1C2CCOC2C12CCC2. The molecule has 3 N–H and O–H groups in total. The molecule has 1 spiro atoms. The number of aliphatic imine (C=N–C) groups is 1. The van der Waals surface area contributed by atoms with Gasteiger partial charge in [0, 0.05) is 49.3 Å². The number of nitrogens with zero attached hydrogens (tertiary/aromatic N) is 3. The summed E-state index contributed by atoms with van der Waals surface area (Å²) in [5.41, 5.74) is 1.12. The molecule has 0 amide bonds. The standard InChI is InChI=1S/C18H29N5O2/c1-3-19-17(20-10-14(24)12-9-21-23(2)11-12)22-15-13-5-8-25-16(13)18(15)6-4-7-18/h9,11,13-16,24H,3-8,10H2,1-2H3,(H2,19,20,22). The first-order valence-electron chi connectivity index (χ1n) is 9.47. The second-order valence-corrected chi connectivity index (χ2v) is 7.64. The van der Waals surface area contributed by atoms with Crippen molar-refractivity contribution in [2.75, 3.05) is 19.7 Å². The van der Waals surface area contributed by atoms with Crippen LogP contribution in [-0.2, 0) is 11.8 Å². The molecule has 1 aliphatic heterocycles. The van der Waals surface area contributed by atoms with Gasteiger partial charge in [-0.3, -0.25) is 9.67 Å². The molecule has 1 aromatic heterocycles. The van der Waals surface area contributed by atoms with E-state index in [1.165, 1.54) is 19.3 Å². The second kappa shape index (κ2) is 6.61. The molecule has 25 heavy (non-hydrogen) atoms. The molecular weight excluding hydrogens is 318 g/mol. The van der Waals surface area contributed by atoms with Crippen molar-refractivity contribution in [3.63, 3.8) is 0 Å². The Kier molecular flexibility index (Phi) is 4.45. The predicted octanol–water partition coefficient (Wildman–Crippen LogP) is 0.966. The van der Waals surface area contributed by atoms with Crippen molar-refractivity contribution in [3.05, 3.63) is 18.0 Å². The smallest absolute Gasteiger partial charge is 0.191 e. The zero-order valence-electron chi connectivity index (χ0n) is 15.1. The lowest BCUT2D eigenvalue weighted by Crippen LogP contribution is -2.72. The van der Waals surface area contributed by atoms with Gasteiger partial charge in [-0.05, 0) is 26.2 Å². The topological polar surface area (TPSA) is 83.7 Å². The number of aromatic nitrogens is 2. The van der Waals surface area contributed by atoms with E-state index in [0.717, 1.165) is 31.1 Å². The number of rotatable bonds is 5. The summed E-state index contributed by atoms with van der Waals surface area (Å²) in [6, 6.07) is 0.446. The van der Waals surface area contributed by atoms with Crippen molar-refractivity contribution in [3.8, 4) is 0 Å². The first-order valence-corrected chi connectivity index (χ1v) is 9.47. The van der Waals surface area contributed by atoms with E-state index in [2.05, 4.69) is 27.6 Å². The molecule has 138 valence electrons. The number of aliphatic hydroxyl groups excluding tert-OH is 1. The van der Waals surface area contributed by atoms with Gasteiger partial charge < -0.3 is 20.5 Å². The van der Waals surface area contributed by atoms with E-state index in [1.54, 1.807) is 10.9 Å². The molecule has 2 heterocycles. The average Bonchev–Trinajstić information content (AvgIpc) is 3.16. The lowest BCUT2D eigenvalue weighted by Gasteiger charge is -2.63. The van der Waals surface area contributed by atoms with Gasteiger partial charge >= 0.3 is 0 Å². The summed E-state index contributed by atoms with van der Waals surface area (Å²) >= 11 is 0. The van der Waals surface area contributed by atoms with E-state index in [4.69, 9.17) is 4.74 Å². The molecule has 4 unspecified atom stereocenters. The lowest BCUT2D eigenvalue weighted by molar-refractivity contribution is -0.171. The number of guanidine groups is 1. The highest BCUT2D eigenvalue weighted by Crippen LogP contribution is 2.62. The minimum atomic E-state index is -0.634. The van der Waals surface area contributed by atoms with Gasteiger partial charge in [0.2, 0.25) is 0 Å². The molecule has 0 radical (unpaired) electrons. The highest BCUT2D eigenvalue weighted by Gasteiger charge is 2.66. The van der Waals surface area contributed by atoms with Crippen molar-refractivity contribution in [2.24, 2.45) is 23.4 Å². The molecule has 3 aliphatic rings. The van der Waals surface area contributed by atoms with Crippen LogP contribution in [0.2, 0.25) is 0 Å². The predicted molar refractivity (Wildman–Crippen MR) is 95.2 cm³/mol. The maximum atomic E-state index is 10.3. The summed E-state index contributed by atoms with van der Waals surface area (Å²) in [5, 5.41) is 21.4. The molecule has 1 saturated heterocycles. The summed E-state index contributed by atoms with van der Waals surface area (Å²) in [6.45, 7) is 4.09. The molecule has 4 rings (SSSR count). The van der Waals surface area contributed by atoms with Gasteiger partial charge in [-0.2, -0.15) is 5.10 Å². The Morgan fingerprint density at radius 3 is 3.04 bits per heavy atom. The number of fused-ring (bicyclic) bond motifs is 2. The third kappa shape index (κ3) is 2.83. The van der Waals surface area contributed by atoms with Crippen molar-refractivity contribution in [1.82, 2.24) is 20.4 Å². The normalized spacial score (nSPS) is 31.2. The van der Waals surface area contributed by atoms with Crippen LogP contribution >= 0.6 is 0 Å². The van der Waals surface area contributed by atoms with Crippen LogP contribution in [0.5, 0.6) is 0 Å². The summed E-state index contributed by atoms with van der Waals surface area (Å²) in [6.07, 6.45) is 8.29. The van der Waals surface area contributed by atoms with E-state index in [-0.39, 0.29) is 0 Å². The zero-order valence-corrected chi connectivity index (χ0v) is 15.1. The monoisotopic (exact) mass is 347 g/mol. The Balaban J connectivity index is 1.42. The molecule has 2 aliphatic carbocycles. The van der Waals surface area contributed by atoms with E-state index < -0.39 is 6.10 Å². The molecule has 4 atom stereocenters. The van der Waals surface area contributed by atoms with E-state index in [1.807, 2.05) is 13.2 Å². The van der Waals surface area contributed by atoms with E-state index >= 15 is 0 Å². The lowest BCUT2D eigenvalue weighted by atomic mass is 9.46. The highest BCUT2D eigenvalue weighted by atomic mass is 16.5. The maximum absolute atomic E-state index is 10.3. The number of aryl methyl sites for hydroxylation is 1. The summed E-state index contributed by atoms with van der Waals surface area (Å²) < 4.78 is 7.69. The third-order valence-corrected chi connectivity index (χ3v) is 6.20. The molecule has 7 nitrogen and oxygen atoms in total. The largest absolute Gasteiger partial charge is 0.386 e. The molecule has 0 bridgehead atoms. The Hall–Kier alpha value is -1.60. The van der Waals surface area contributed by atoms with Crippen LogP contribution in [0.4, 0.5) is 0 Å². The van der Waals surface area contributed by atoms with Crippen molar-refractivity contribution < 1.29 is 9.84 Å². The van der Waals surface area contributed by atoms with Crippen LogP contribution in [0.25, 0.3) is 0 Å². The van der Waals surface area contributed by atoms with Crippen LogP contribution in [0, 0.1) is 11.3 Å². The molecule has 1 aromatic rings. The second-order valence-electron chi connectivity index (χ2n) is 7.64. The Morgan fingerprint density at radius 1 is 1.56 bits per heavy atom. The number of nitrogens with one attached hydrogen (secondary N) is 2. The van der Waals surface area contributed by atoms with Gasteiger partial charge in [0.1, 0.15) is 6.10 Å². The zero-order chi connectivity index (χ0) is 17.4. The maximum Gasteiger partial charge on any atom is 0.191 e. The van der Waals surface area contributed by atoms with Gasteiger partial charge in [-0.25, -0.2) is 0 Å². The molecule has 0 aromatic carbocycles. The average molecular weight is 347 g/mol. The molecule has 7 heteroatoms. The summed E-state index contributed by atoms with van der Waals surface area (Å²) in [4.78, 5) is 4.63. The van der Waals surface area contributed by atoms with Crippen LogP contribution in [0.3, 0.4) is 0 Å². The van der Waals surface area contributed by atoms with Gasteiger partial charge in [-0.15, -0.1) is 0 Å². The molecular formula is C18H29N5O2. The Labute approximate surface area is 148 Å². The van der Waals surface area contributed by atoms with Crippen molar-refractivity contribution >= 4 is 5.96 Å². The first kappa shape index (κ1) is 16.8.